The molecule has 3 nitrogen and oxygen atoms in total. The van der Waals surface area contributed by atoms with Gasteiger partial charge < -0.3 is 10.8 Å². The van der Waals surface area contributed by atoms with Gasteiger partial charge in [0.2, 0.25) is 0 Å². The largest absolute Gasteiger partial charge is 0.399 e. The summed E-state index contributed by atoms with van der Waals surface area (Å²) in [5.41, 5.74) is 7.89. The zero-order valence-electron chi connectivity index (χ0n) is 10.8. The van der Waals surface area contributed by atoms with Gasteiger partial charge >= 0.3 is 0 Å². The van der Waals surface area contributed by atoms with Crippen LogP contribution in [0.3, 0.4) is 0 Å². The van der Waals surface area contributed by atoms with Gasteiger partial charge in [0.1, 0.15) is 0 Å². The molecule has 0 bridgehead atoms. The first kappa shape index (κ1) is 13.8. The van der Waals surface area contributed by atoms with E-state index in [1.807, 2.05) is 19.1 Å². The second-order valence-corrected chi connectivity index (χ2v) is 6.16. The average Bonchev–Trinajstić information content (AvgIpc) is 2.63. The third-order valence-electron chi connectivity index (χ3n) is 3.48. The highest BCUT2D eigenvalue weighted by Crippen LogP contribution is 2.25. The summed E-state index contributed by atoms with van der Waals surface area (Å²) in [7, 11) is 0. The van der Waals surface area contributed by atoms with Gasteiger partial charge in [-0.2, -0.15) is 0 Å². The summed E-state index contributed by atoms with van der Waals surface area (Å²) < 4.78 is 1.03. The maximum atomic E-state index is 9.53. The Morgan fingerprint density at radius 1 is 1.50 bits per heavy atom. The van der Waals surface area contributed by atoms with E-state index in [1.165, 1.54) is 18.4 Å². The number of aliphatic hydroxyl groups excluding tert-OH is 1. The molecule has 1 fully saturated rings. The Morgan fingerprint density at radius 2 is 2.28 bits per heavy atom. The number of halogens is 1. The highest BCUT2D eigenvalue weighted by atomic mass is 79.9. The Kier molecular flexibility index (Phi) is 4.65. The predicted molar refractivity (Wildman–Crippen MR) is 78.3 cm³/mol. The summed E-state index contributed by atoms with van der Waals surface area (Å²) in [5.74, 6) is 0. The number of hydrogen-bond acceptors (Lipinski definition) is 3. The minimum Gasteiger partial charge on any atom is -0.399 e. The number of hydrogen-bond donors (Lipinski definition) is 2. The van der Waals surface area contributed by atoms with Gasteiger partial charge in [-0.1, -0.05) is 15.9 Å². The summed E-state index contributed by atoms with van der Waals surface area (Å²) in [4.78, 5) is 2.45. The maximum absolute atomic E-state index is 9.53. The molecule has 2 atom stereocenters. The first-order chi connectivity index (χ1) is 8.54. The topological polar surface area (TPSA) is 49.5 Å². The Morgan fingerprint density at radius 3 is 2.94 bits per heavy atom. The highest BCUT2D eigenvalue weighted by Gasteiger charge is 2.25. The second kappa shape index (κ2) is 6.04. The molecular weight excluding hydrogens is 292 g/mol. The van der Waals surface area contributed by atoms with Gasteiger partial charge in [-0.05, 0) is 56.5 Å². The molecule has 1 aliphatic rings. The second-order valence-electron chi connectivity index (χ2n) is 5.24. The van der Waals surface area contributed by atoms with Crippen molar-refractivity contribution in [2.24, 2.45) is 0 Å². The smallest absolute Gasteiger partial charge is 0.0527 e. The van der Waals surface area contributed by atoms with Crippen LogP contribution in [0.1, 0.15) is 31.7 Å². The number of nitrogens with zero attached hydrogens (tertiary/aromatic N) is 1. The number of anilines is 1. The van der Waals surface area contributed by atoms with Gasteiger partial charge in [-0.3, -0.25) is 4.90 Å². The number of aliphatic hydroxyl groups is 1. The fourth-order valence-corrected chi connectivity index (χ4v) is 3.32. The summed E-state index contributed by atoms with van der Waals surface area (Å²) >= 11 is 3.48. The average molecular weight is 313 g/mol. The Balaban J connectivity index is 2.03. The standard InChI is InChI=1S/C14H21BrN2O/c1-10(18)5-14-3-2-4-17(14)9-11-6-12(15)8-13(16)7-11/h6-8,10,14,18H,2-5,9,16H2,1H3. The number of likely N-dealkylation sites (tertiary alicyclic amines) is 1. The molecule has 2 unspecified atom stereocenters. The van der Waals surface area contributed by atoms with Crippen molar-refractivity contribution in [3.05, 3.63) is 28.2 Å². The fraction of sp³-hybridized carbons (Fsp3) is 0.571. The first-order valence-corrected chi connectivity index (χ1v) is 7.31. The van der Waals surface area contributed by atoms with Crippen molar-refractivity contribution in [1.29, 1.82) is 0 Å². The molecule has 4 heteroatoms. The third-order valence-corrected chi connectivity index (χ3v) is 3.94. The minimum absolute atomic E-state index is 0.219. The van der Waals surface area contributed by atoms with Crippen LogP contribution in [0.15, 0.2) is 22.7 Å². The molecule has 0 radical (unpaired) electrons. The van der Waals surface area contributed by atoms with Crippen LogP contribution in [0, 0.1) is 0 Å². The van der Waals surface area contributed by atoms with Crippen molar-refractivity contribution in [3.8, 4) is 0 Å². The number of benzene rings is 1. The normalized spacial score (nSPS) is 22.3. The van der Waals surface area contributed by atoms with Crippen LogP contribution in [0.25, 0.3) is 0 Å². The molecule has 1 aliphatic heterocycles. The minimum atomic E-state index is -0.219. The van der Waals surface area contributed by atoms with Gasteiger partial charge in [0.15, 0.2) is 0 Å². The number of rotatable bonds is 4. The van der Waals surface area contributed by atoms with Crippen LogP contribution in [-0.2, 0) is 6.54 Å². The SMILES string of the molecule is CC(O)CC1CCCN1Cc1cc(N)cc(Br)c1. The van der Waals surface area contributed by atoms with Crippen LogP contribution >= 0.6 is 15.9 Å². The van der Waals surface area contributed by atoms with E-state index in [9.17, 15) is 5.11 Å². The molecule has 3 N–H and O–H groups in total. The monoisotopic (exact) mass is 312 g/mol. The van der Waals surface area contributed by atoms with E-state index in [4.69, 9.17) is 5.73 Å². The van der Waals surface area contributed by atoms with Crippen LogP contribution in [0.5, 0.6) is 0 Å². The fourth-order valence-electron chi connectivity index (χ4n) is 2.77. The van der Waals surface area contributed by atoms with Crippen LogP contribution in [0.2, 0.25) is 0 Å². The van der Waals surface area contributed by atoms with E-state index in [0.717, 1.165) is 29.7 Å². The van der Waals surface area contributed by atoms with Crippen molar-refractivity contribution in [1.82, 2.24) is 4.90 Å². The summed E-state index contributed by atoms with van der Waals surface area (Å²) in [6, 6.07) is 6.57. The lowest BCUT2D eigenvalue weighted by Gasteiger charge is -2.25. The van der Waals surface area contributed by atoms with Gasteiger partial charge in [0.05, 0.1) is 6.10 Å². The molecule has 0 amide bonds. The Hall–Kier alpha value is -0.580. The first-order valence-electron chi connectivity index (χ1n) is 6.51. The molecule has 0 spiro atoms. The molecule has 0 saturated carbocycles. The number of nitrogens with two attached hydrogens (primary N) is 1. The Bertz CT molecular complexity index is 389. The van der Waals surface area contributed by atoms with Crippen molar-refractivity contribution in [3.63, 3.8) is 0 Å². The van der Waals surface area contributed by atoms with E-state index in [-0.39, 0.29) is 6.10 Å². The van der Waals surface area contributed by atoms with Crippen LogP contribution < -0.4 is 5.73 Å². The van der Waals surface area contributed by atoms with Gasteiger partial charge in [-0.25, -0.2) is 0 Å². The lowest BCUT2D eigenvalue weighted by Crippen LogP contribution is -2.31. The van der Waals surface area contributed by atoms with E-state index < -0.39 is 0 Å². The molecule has 1 saturated heterocycles. The summed E-state index contributed by atoms with van der Waals surface area (Å²) in [5, 5.41) is 9.53. The molecule has 2 rings (SSSR count). The molecular formula is C14H21BrN2O. The van der Waals surface area contributed by atoms with E-state index in [1.54, 1.807) is 0 Å². The van der Waals surface area contributed by atoms with Crippen LogP contribution in [-0.4, -0.2) is 28.7 Å². The summed E-state index contributed by atoms with van der Waals surface area (Å²) in [6.45, 7) is 3.90. The maximum Gasteiger partial charge on any atom is 0.0527 e. The van der Waals surface area contributed by atoms with Gasteiger partial charge in [-0.15, -0.1) is 0 Å². The van der Waals surface area contributed by atoms with Gasteiger partial charge in [0, 0.05) is 22.7 Å². The molecule has 1 aromatic carbocycles. The lowest BCUT2D eigenvalue weighted by atomic mass is 10.1. The summed E-state index contributed by atoms with van der Waals surface area (Å²) in [6.07, 6.45) is 3.06. The van der Waals surface area contributed by atoms with E-state index >= 15 is 0 Å². The zero-order valence-corrected chi connectivity index (χ0v) is 12.4. The molecule has 1 aromatic rings. The molecule has 100 valence electrons. The Labute approximate surface area is 117 Å². The van der Waals surface area contributed by atoms with Crippen molar-refractivity contribution in [2.45, 2.75) is 44.9 Å². The quantitative estimate of drug-likeness (QED) is 0.841. The predicted octanol–water partition coefficient (Wildman–Crippen LogP) is 2.77. The third kappa shape index (κ3) is 3.70. The molecule has 0 aliphatic carbocycles. The van der Waals surface area contributed by atoms with E-state index in [0.29, 0.717) is 6.04 Å². The van der Waals surface area contributed by atoms with Crippen molar-refractivity contribution < 1.29 is 5.11 Å². The van der Waals surface area contributed by atoms with Crippen LogP contribution in [0.4, 0.5) is 5.69 Å². The van der Waals surface area contributed by atoms with Crippen molar-refractivity contribution in [2.75, 3.05) is 12.3 Å². The molecule has 1 heterocycles. The lowest BCUT2D eigenvalue weighted by molar-refractivity contribution is 0.131. The van der Waals surface area contributed by atoms with Gasteiger partial charge in [0.25, 0.3) is 0 Å². The number of nitrogen functional groups attached to an aromatic ring is 1. The van der Waals surface area contributed by atoms with Crippen molar-refractivity contribution >= 4 is 21.6 Å². The molecule has 18 heavy (non-hydrogen) atoms. The highest BCUT2D eigenvalue weighted by molar-refractivity contribution is 9.10. The van der Waals surface area contributed by atoms with E-state index in [2.05, 4.69) is 26.9 Å². The molecule has 0 aromatic heterocycles. The zero-order chi connectivity index (χ0) is 13.1.